The average molecular weight is 232 g/mol. The first-order valence-corrected chi connectivity index (χ1v) is 5.43. The predicted octanol–water partition coefficient (Wildman–Crippen LogP) is 4.63. The van der Waals surface area contributed by atoms with Crippen LogP contribution < -0.4 is 4.74 Å². The van der Waals surface area contributed by atoms with E-state index in [-0.39, 0.29) is 5.82 Å². The molecule has 0 saturated heterocycles. The van der Waals surface area contributed by atoms with Crippen LogP contribution in [-0.4, -0.2) is 0 Å². The van der Waals surface area contributed by atoms with Crippen molar-refractivity contribution in [3.63, 3.8) is 0 Å². The fraction of sp³-hybridized carbons (Fsp3) is 0.200. The molecule has 0 aliphatic carbocycles. The monoisotopic (exact) mass is 232 g/mol. The quantitative estimate of drug-likeness (QED) is 0.543. The van der Waals surface area contributed by atoms with Gasteiger partial charge in [-0.1, -0.05) is 17.7 Å². The normalized spacial score (nSPS) is 10.9. The van der Waals surface area contributed by atoms with Crippen molar-refractivity contribution in [3.05, 3.63) is 65.7 Å². The summed E-state index contributed by atoms with van der Waals surface area (Å²) in [6.07, 6.45) is 3.76. The summed E-state index contributed by atoms with van der Waals surface area (Å²) < 4.78 is 18.4. The minimum atomic E-state index is -0.273. The van der Waals surface area contributed by atoms with Crippen LogP contribution in [0.25, 0.3) is 0 Å². The third kappa shape index (κ3) is 5.16. The third-order valence-electron chi connectivity index (χ3n) is 1.87. The minimum Gasteiger partial charge on any atom is -0.457 e. The maximum atomic E-state index is 12.7. The van der Waals surface area contributed by atoms with Crippen molar-refractivity contribution in [1.82, 2.24) is 0 Å². The molecule has 0 spiro atoms. The average Bonchev–Trinajstić information content (AvgIpc) is 2.19. The molecule has 1 aromatic carbocycles. The number of halogens is 1. The number of hydrogen-bond acceptors (Lipinski definition) is 1. The van der Waals surface area contributed by atoms with Gasteiger partial charge >= 0.3 is 0 Å². The Kier molecular flexibility index (Phi) is 4.70. The van der Waals surface area contributed by atoms with Crippen molar-refractivity contribution in [2.45, 2.75) is 20.8 Å². The lowest BCUT2D eigenvalue weighted by Crippen LogP contribution is -1.93. The molecule has 0 N–H and O–H groups in total. The van der Waals surface area contributed by atoms with Crippen LogP contribution in [0, 0.1) is 5.82 Å². The number of ether oxygens (including phenoxy) is 1. The lowest BCUT2D eigenvalue weighted by Gasteiger charge is -2.07. The van der Waals surface area contributed by atoms with Crippen LogP contribution >= 0.6 is 0 Å². The maximum Gasteiger partial charge on any atom is 0.127 e. The van der Waals surface area contributed by atoms with E-state index < -0.39 is 0 Å². The molecule has 1 nitrogen and oxygen atoms in total. The van der Waals surface area contributed by atoms with E-state index in [4.69, 9.17) is 4.74 Å². The Morgan fingerprint density at radius 2 is 1.71 bits per heavy atom. The van der Waals surface area contributed by atoms with Crippen molar-refractivity contribution in [3.8, 4) is 5.75 Å². The SMILES string of the molecule is C=C(C)/C=C(\C=C(C)C)Oc1ccc(F)cc1. The zero-order valence-electron chi connectivity index (χ0n) is 10.5. The standard InChI is InChI=1S/C15H17FO/c1-11(2)9-15(10-12(3)4)17-14-7-5-13(16)6-8-14/h5-10H,1H2,2-4H3/b15-9+. The number of allylic oxidation sites excluding steroid dienone is 4. The first-order valence-electron chi connectivity index (χ1n) is 5.43. The van der Waals surface area contributed by atoms with Gasteiger partial charge in [0.25, 0.3) is 0 Å². The van der Waals surface area contributed by atoms with Crippen LogP contribution in [0.15, 0.2) is 59.9 Å². The Labute approximate surface area is 102 Å². The smallest absolute Gasteiger partial charge is 0.127 e. The second kappa shape index (κ2) is 6.04. The van der Waals surface area contributed by atoms with Crippen molar-refractivity contribution in [2.24, 2.45) is 0 Å². The molecule has 0 atom stereocenters. The summed E-state index contributed by atoms with van der Waals surface area (Å²) in [7, 11) is 0. The van der Waals surface area contributed by atoms with E-state index in [1.54, 1.807) is 12.1 Å². The van der Waals surface area contributed by atoms with E-state index in [2.05, 4.69) is 6.58 Å². The Hall–Kier alpha value is -1.83. The molecule has 0 bridgehead atoms. The van der Waals surface area contributed by atoms with E-state index in [1.165, 1.54) is 12.1 Å². The summed E-state index contributed by atoms with van der Waals surface area (Å²) in [5.41, 5.74) is 2.03. The van der Waals surface area contributed by atoms with Crippen LogP contribution in [0.3, 0.4) is 0 Å². The molecule has 1 aromatic rings. The van der Waals surface area contributed by atoms with Gasteiger partial charge in [0, 0.05) is 0 Å². The van der Waals surface area contributed by atoms with E-state index in [1.807, 2.05) is 32.9 Å². The molecule has 0 fully saturated rings. The van der Waals surface area contributed by atoms with Crippen molar-refractivity contribution >= 4 is 0 Å². The van der Waals surface area contributed by atoms with Crippen molar-refractivity contribution in [1.29, 1.82) is 0 Å². The Morgan fingerprint density at radius 1 is 1.12 bits per heavy atom. The van der Waals surface area contributed by atoms with Gasteiger partial charge in [0.05, 0.1) is 0 Å². The van der Waals surface area contributed by atoms with Crippen molar-refractivity contribution in [2.75, 3.05) is 0 Å². The first kappa shape index (κ1) is 13.2. The maximum absolute atomic E-state index is 12.7. The van der Waals surface area contributed by atoms with Gasteiger partial charge < -0.3 is 4.74 Å². The summed E-state index contributed by atoms with van der Waals surface area (Å²) in [4.78, 5) is 0. The molecular formula is C15H17FO. The molecule has 0 unspecified atom stereocenters. The predicted molar refractivity (Wildman–Crippen MR) is 69.4 cm³/mol. The number of benzene rings is 1. The summed E-state index contributed by atoms with van der Waals surface area (Å²) in [5, 5.41) is 0. The van der Waals surface area contributed by atoms with E-state index >= 15 is 0 Å². The molecule has 2 heteroatoms. The largest absolute Gasteiger partial charge is 0.457 e. The van der Waals surface area contributed by atoms with E-state index in [9.17, 15) is 4.39 Å². The molecule has 1 rings (SSSR count). The molecule has 0 amide bonds. The topological polar surface area (TPSA) is 9.23 Å². The lowest BCUT2D eigenvalue weighted by molar-refractivity contribution is 0.442. The first-order chi connectivity index (χ1) is 7.97. The zero-order valence-corrected chi connectivity index (χ0v) is 10.5. The van der Waals surface area contributed by atoms with Crippen molar-refractivity contribution < 1.29 is 9.13 Å². The highest BCUT2D eigenvalue weighted by molar-refractivity contribution is 5.31. The zero-order chi connectivity index (χ0) is 12.8. The van der Waals surface area contributed by atoms with Gasteiger partial charge in [0.15, 0.2) is 0 Å². The minimum absolute atomic E-state index is 0.273. The molecule has 90 valence electrons. The van der Waals surface area contributed by atoms with E-state index in [0.717, 1.165) is 11.1 Å². The fourth-order valence-corrected chi connectivity index (χ4v) is 1.27. The van der Waals surface area contributed by atoms with Gasteiger partial charge in [0.2, 0.25) is 0 Å². The van der Waals surface area contributed by atoms with Crippen LogP contribution in [0.4, 0.5) is 4.39 Å². The number of hydrogen-bond donors (Lipinski definition) is 0. The Balaban J connectivity index is 2.91. The molecule has 0 aliphatic rings. The van der Waals surface area contributed by atoms with Gasteiger partial charge in [-0.25, -0.2) is 4.39 Å². The van der Waals surface area contributed by atoms with Gasteiger partial charge in [-0.2, -0.15) is 0 Å². The molecule has 0 heterocycles. The van der Waals surface area contributed by atoms with Crippen LogP contribution in [0.1, 0.15) is 20.8 Å². The molecule has 0 radical (unpaired) electrons. The van der Waals surface area contributed by atoms with Gasteiger partial charge in [-0.15, -0.1) is 0 Å². The van der Waals surface area contributed by atoms with E-state index in [0.29, 0.717) is 11.5 Å². The van der Waals surface area contributed by atoms with Crippen LogP contribution in [0.2, 0.25) is 0 Å². The molecular weight excluding hydrogens is 215 g/mol. The second-order valence-corrected chi connectivity index (χ2v) is 4.17. The van der Waals surface area contributed by atoms with Gasteiger partial charge in [-0.05, 0) is 57.2 Å². The Bertz CT molecular complexity index is 448. The summed E-state index contributed by atoms with van der Waals surface area (Å²) in [6, 6.07) is 5.94. The van der Waals surface area contributed by atoms with Crippen LogP contribution in [0.5, 0.6) is 5.75 Å². The Morgan fingerprint density at radius 3 is 2.18 bits per heavy atom. The molecule has 17 heavy (non-hydrogen) atoms. The third-order valence-corrected chi connectivity index (χ3v) is 1.87. The summed E-state index contributed by atoms with van der Waals surface area (Å²) >= 11 is 0. The summed E-state index contributed by atoms with van der Waals surface area (Å²) in [5.74, 6) is 1.03. The highest BCUT2D eigenvalue weighted by Gasteiger charge is 1.99. The van der Waals surface area contributed by atoms with Gasteiger partial charge in [0.1, 0.15) is 17.3 Å². The number of rotatable bonds is 4. The lowest BCUT2D eigenvalue weighted by atomic mass is 10.2. The highest BCUT2D eigenvalue weighted by atomic mass is 19.1. The highest BCUT2D eigenvalue weighted by Crippen LogP contribution is 2.17. The molecule has 0 aromatic heterocycles. The fourth-order valence-electron chi connectivity index (χ4n) is 1.27. The molecule has 0 aliphatic heterocycles. The second-order valence-electron chi connectivity index (χ2n) is 4.17. The molecule has 0 saturated carbocycles. The summed E-state index contributed by atoms with van der Waals surface area (Å²) in [6.45, 7) is 9.68. The van der Waals surface area contributed by atoms with Gasteiger partial charge in [-0.3, -0.25) is 0 Å². The van der Waals surface area contributed by atoms with Crippen LogP contribution in [-0.2, 0) is 0 Å².